The summed E-state index contributed by atoms with van der Waals surface area (Å²) in [4.78, 5) is 23.2. The van der Waals surface area contributed by atoms with Gasteiger partial charge in [0.25, 0.3) is 0 Å². The number of rotatable bonds is 4. The number of benzene rings is 1. The topological polar surface area (TPSA) is 100 Å². The van der Waals surface area contributed by atoms with Crippen molar-refractivity contribution in [1.82, 2.24) is 0 Å². The Hall–Kier alpha value is -2.86. The quantitative estimate of drug-likeness (QED) is 0.775. The molecule has 0 heterocycles. The van der Waals surface area contributed by atoms with Crippen LogP contribution in [0.1, 0.15) is 34.6 Å². The highest BCUT2D eigenvalue weighted by molar-refractivity contribution is 5.93. The van der Waals surface area contributed by atoms with Gasteiger partial charge >= 0.3 is 11.9 Å². The first-order valence-corrected chi connectivity index (χ1v) is 5.79. The first-order chi connectivity index (χ1) is 9.47. The SMILES string of the molecule is C[C@H](C#N)OC(=O)c1ccc(C(=O)O[C@H](C)C#N)cc1. The van der Waals surface area contributed by atoms with Gasteiger partial charge in [-0.05, 0) is 38.1 Å². The molecule has 0 N–H and O–H groups in total. The summed E-state index contributed by atoms with van der Waals surface area (Å²) in [6.07, 6.45) is -1.69. The molecule has 0 unspecified atom stereocenters. The molecule has 0 bridgehead atoms. The lowest BCUT2D eigenvalue weighted by Crippen LogP contribution is -2.15. The summed E-state index contributed by atoms with van der Waals surface area (Å²) >= 11 is 0. The molecule has 0 aliphatic carbocycles. The Balaban J connectivity index is 2.75. The van der Waals surface area contributed by atoms with E-state index >= 15 is 0 Å². The number of ether oxygens (including phenoxy) is 2. The number of nitriles is 2. The summed E-state index contributed by atoms with van der Waals surface area (Å²) in [6, 6.07) is 9.11. The van der Waals surface area contributed by atoms with Crippen LogP contribution in [0.15, 0.2) is 24.3 Å². The van der Waals surface area contributed by atoms with E-state index in [1.807, 2.05) is 0 Å². The number of esters is 2. The fourth-order valence-corrected chi connectivity index (χ4v) is 1.25. The zero-order valence-electron chi connectivity index (χ0n) is 11.0. The monoisotopic (exact) mass is 272 g/mol. The standard InChI is InChI=1S/C14H12N2O4/c1-9(7-15)19-13(17)11-3-5-12(6-4-11)14(18)20-10(2)8-16/h3-6,9-10H,1-2H3/t9-,10-/m1/s1. The minimum absolute atomic E-state index is 0.219. The van der Waals surface area contributed by atoms with E-state index in [0.29, 0.717) is 0 Å². The Bertz CT molecular complexity index is 528. The first kappa shape index (κ1) is 15.2. The van der Waals surface area contributed by atoms with Crippen molar-refractivity contribution in [3.05, 3.63) is 35.4 Å². The predicted octanol–water partition coefficient (Wildman–Crippen LogP) is 1.82. The number of nitrogens with zero attached hydrogens (tertiary/aromatic N) is 2. The predicted molar refractivity (Wildman–Crippen MR) is 67.4 cm³/mol. The lowest BCUT2D eigenvalue weighted by Gasteiger charge is -2.07. The van der Waals surface area contributed by atoms with Gasteiger partial charge in [-0.3, -0.25) is 0 Å². The molecule has 0 spiro atoms. The van der Waals surface area contributed by atoms with Gasteiger partial charge in [-0.2, -0.15) is 10.5 Å². The van der Waals surface area contributed by atoms with E-state index in [1.54, 1.807) is 12.1 Å². The zero-order chi connectivity index (χ0) is 15.1. The van der Waals surface area contributed by atoms with E-state index in [0.717, 1.165) is 0 Å². The van der Waals surface area contributed by atoms with Crippen molar-refractivity contribution in [3.63, 3.8) is 0 Å². The second-order valence-electron chi connectivity index (χ2n) is 3.93. The Kier molecular flexibility index (Phi) is 5.25. The van der Waals surface area contributed by atoms with Gasteiger partial charge in [-0.25, -0.2) is 9.59 Å². The summed E-state index contributed by atoms with van der Waals surface area (Å²) in [5.41, 5.74) is 0.439. The van der Waals surface area contributed by atoms with Gasteiger partial charge in [-0.1, -0.05) is 0 Å². The second-order valence-corrected chi connectivity index (χ2v) is 3.93. The van der Waals surface area contributed by atoms with Crippen LogP contribution in [0.5, 0.6) is 0 Å². The molecular formula is C14H12N2O4. The van der Waals surface area contributed by atoms with E-state index in [2.05, 4.69) is 0 Å². The lowest BCUT2D eigenvalue weighted by atomic mass is 10.1. The van der Waals surface area contributed by atoms with E-state index in [1.165, 1.54) is 38.1 Å². The van der Waals surface area contributed by atoms with E-state index in [4.69, 9.17) is 20.0 Å². The van der Waals surface area contributed by atoms with Crippen LogP contribution in [0.2, 0.25) is 0 Å². The van der Waals surface area contributed by atoms with Crippen molar-refractivity contribution < 1.29 is 19.1 Å². The van der Waals surface area contributed by atoms with Crippen LogP contribution in [0.3, 0.4) is 0 Å². The van der Waals surface area contributed by atoms with Gasteiger partial charge in [0.15, 0.2) is 12.2 Å². The molecule has 2 atom stereocenters. The normalized spacial score (nSPS) is 12.4. The third-order valence-electron chi connectivity index (χ3n) is 2.29. The van der Waals surface area contributed by atoms with E-state index in [9.17, 15) is 9.59 Å². The molecule has 0 saturated carbocycles. The van der Waals surface area contributed by atoms with Gasteiger partial charge in [-0.15, -0.1) is 0 Å². The molecule has 1 aromatic rings. The molecule has 102 valence electrons. The number of hydrogen-bond donors (Lipinski definition) is 0. The molecule has 0 aliphatic heterocycles. The molecule has 1 aromatic carbocycles. The minimum Gasteiger partial charge on any atom is -0.444 e. The molecular weight excluding hydrogens is 260 g/mol. The largest absolute Gasteiger partial charge is 0.444 e. The Morgan fingerprint density at radius 2 is 1.20 bits per heavy atom. The van der Waals surface area contributed by atoms with Crippen LogP contribution in [-0.2, 0) is 9.47 Å². The van der Waals surface area contributed by atoms with Gasteiger partial charge in [0.1, 0.15) is 12.1 Å². The maximum atomic E-state index is 11.6. The third-order valence-corrected chi connectivity index (χ3v) is 2.29. The van der Waals surface area contributed by atoms with Gasteiger partial charge < -0.3 is 9.47 Å². The molecule has 20 heavy (non-hydrogen) atoms. The average molecular weight is 272 g/mol. The summed E-state index contributed by atoms with van der Waals surface area (Å²) in [7, 11) is 0. The van der Waals surface area contributed by atoms with Crippen molar-refractivity contribution >= 4 is 11.9 Å². The second kappa shape index (κ2) is 6.91. The summed E-state index contributed by atoms with van der Waals surface area (Å²) in [5.74, 6) is -1.30. The third kappa shape index (κ3) is 4.11. The summed E-state index contributed by atoms with van der Waals surface area (Å²) < 4.78 is 9.62. The molecule has 0 aliphatic rings. The molecule has 1 rings (SSSR count). The lowest BCUT2D eigenvalue weighted by molar-refractivity contribution is 0.0420. The number of carbonyl (C=O) groups is 2. The Morgan fingerprint density at radius 1 is 0.900 bits per heavy atom. The maximum Gasteiger partial charge on any atom is 0.339 e. The fourth-order valence-electron chi connectivity index (χ4n) is 1.25. The maximum absolute atomic E-state index is 11.6. The van der Waals surface area contributed by atoms with Crippen molar-refractivity contribution in [3.8, 4) is 12.1 Å². The molecule has 0 aromatic heterocycles. The molecule has 0 saturated heterocycles. The Labute approximate surface area is 116 Å². The highest BCUT2D eigenvalue weighted by Crippen LogP contribution is 2.09. The van der Waals surface area contributed by atoms with Gasteiger partial charge in [0.2, 0.25) is 0 Å². The average Bonchev–Trinajstić information content (AvgIpc) is 2.46. The smallest absolute Gasteiger partial charge is 0.339 e. The van der Waals surface area contributed by atoms with Crippen LogP contribution >= 0.6 is 0 Å². The summed E-state index contributed by atoms with van der Waals surface area (Å²) in [6.45, 7) is 2.90. The molecule has 6 nitrogen and oxygen atoms in total. The number of carbonyl (C=O) groups excluding carboxylic acids is 2. The highest BCUT2D eigenvalue weighted by atomic mass is 16.5. The van der Waals surface area contributed by atoms with Crippen molar-refractivity contribution in [2.24, 2.45) is 0 Å². The van der Waals surface area contributed by atoms with Crippen LogP contribution in [0, 0.1) is 22.7 Å². The van der Waals surface area contributed by atoms with Crippen LogP contribution in [0.4, 0.5) is 0 Å². The molecule has 0 amide bonds. The zero-order valence-corrected chi connectivity index (χ0v) is 11.0. The minimum atomic E-state index is -0.844. The molecule has 6 heteroatoms. The van der Waals surface area contributed by atoms with Crippen molar-refractivity contribution in [2.75, 3.05) is 0 Å². The van der Waals surface area contributed by atoms with E-state index in [-0.39, 0.29) is 11.1 Å². The van der Waals surface area contributed by atoms with Crippen molar-refractivity contribution in [1.29, 1.82) is 10.5 Å². The Morgan fingerprint density at radius 3 is 1.45 bits per heavy atom. The van der Waals surface area contributed by atoms with Gasteiger partial charge in [0, 0.05) is 0 Å². The van der Waals surface area contributed by atoms with E-state index < -0.39 is 24.1 Å². The van der Waals surface area contributed by atoms with Gasteiger partial charge in [0.05, 0.1) is 11.1 Å². The van der Waals surface area contributed by atoms with Crippen molar-refractivity contribution in [2.45, 2.75) is 26.1 Å². The molecule has 0 fully saturated rings. The van der Waals surface area contributed by atoms with Crippen LogP contribution in [0.25, 0.3) is 0 Å². The molecule has 0 radical (unpaired) electrons. The highest BCUT2D eigenvalue weighted by Gasteiger charge is 2.14. The van der Waals surface area contributed by atoms with Crippen LogP contribution in [-0.4, -0.2) is 24.1 Å². The summed E-state index contributed by atoms with van der Waals surface area (Å²) in [5, 5.41) is 17.1. The fraction of sp³-hybridized carbons (Fsp3) is 0.286. The number of hydrogen-bond acceptors (Lipinski definition) is 6. The first-order valence-electron chi connectivity index (χ1n) is 5.79. The van der Waals surface area contributed by atoms with Crippen LogP contribution < -0.4 is 0 Å².